The van der Waals surface area contributed by atoms with E-state index < -0.39 is 0 Å². The van der Waals surface area contributed by atoms with Crippen LogP contribution in [-0.4, -0.2) is 34.8 Å². The molecule has 1 saturated heterocycles. The number of phenols is 1. The Morgan fingerprint density at radius 3 is 2.85 bits per heavy atom. The van der Waals surface area contributed by atoms with Gasteiger partial charge in [0.05, 0.1) is 0 Å². The van der Waals surface area contributed by atoms with Gasteiger partial charge in [-0.3, -0.25) is 4.90 Å². The number of piperidine rings is 1. The molecular weight excluding hydrogens is 250 g/mol. The van der Waals surface area contributed by atoms with E-state index in [0.29, 0.717) is 11.7 Å². The van der Waals surface area contributed by atoms with Crippen molar-refractivity contribution in [2.45, 2.75) is 19.4 Å². The second kappa shape index (κ2) is 5.81. The van der Waals surface area contributed by atoms with Gasteiger partial charge in [0.2, 0.25) is 0 Å². The summed E-state index contributed by atoms with van der Waals surface area (Å²) in [6.07, 6.45) is 2.23. The van der Waals surface area contributed by atoms with Crippen molar-refractivity contribution in [1.29, 1.82) is 0 Å². The number of rotatable bonds is 3. The number of nitrogens with zero attached hydrogens (tertiary/aromatic N) is 1. The highest BCUT2D eigenvalue weighted by Crippen LogP contribution is 2.29. The highest BCUT2D eigenvalue weighted by molar-refractivity contribution is 5.87. The Bertz CT molecular complexity index is 597. The van der Waals surface area contributed by atoms with E-state index in [-0.39, 0.29) is 6.61 Å². The second-order valence-electron chi connectivity index (χ2n) is 5.71. The van der Waals surface area contributed by atoms with Gasteiger partial charge in [0, 0.05) is 25.3 Å². The lowest BCUT2D eigenvalue weighted by Crippen LogP contribution is -2.36. The summed E-state index contributed by atoms with van der Waals surface area (Å²) >= 11 is 0. The molecule has 2 aromatic carbocycles. The molecule has 0 amide bonds. The first-order valence-corrected chi connectivity index (χ1v) is 7.30. The molecule has 0 radical (unpaired) electrons. The number of aromatic hydroxyl groups is 1. The van der Waals surface area contributed by atoms with Gasteiger partial charge in [-0.1, -0.05) is 30.3 Å². The van der Waals surface area contributed by atoms with Gasteiger partial charge >= 0.3 is 0 Å². The molecule has 1 fully saturated rings. The van der Waals surface area contributed by atoms with Crippen LogP contribution in [0.2, 0.25) is 0 Å². The first kappa shape index (κ1) is 13.4. The number of hydrogen-bond donors (Lipinski definition) is 2. The van der Waals surface area contributed by atoms with Gasteiger partial charge < -0.3 is 10.2 Å². The molecule has 0 aromatic heterocycles. The molecule has 1 aliphatic heterocycles. The zero-order valence-corrected chi connectivity index (χ0v) is 11.6. The third-order valence-electron chi connectivity index (χ3n) is 4.26. The predicted molar refractivity (Wildman–Crippen MR) is 80.7 cm³/mol. The lowest BCUT2D eigenvalue weighted by Gasteiger charge is -2.32. The van der Waals surface area contributed by atoms with Gasteiger partial charge in [0.1, 0.15) is 5.75 Å². The molecule has 106 valence electrons. The van der Waals surface area contributed by atoms with E-state index in [2.05, 4.69) is 17.0 Å². The second-order valence-corrected chi connectivity index (χ2v) is 5.71. The Balaban J connectivity index is 1.88. The van der Waals surface area contributed by atoms with Gasteiger partial charge in [-0.15, -0.1) is 0 Å². The monoisotopic (exact) mass is 271 g/mol. The Hall–Kier alpha value is -1.58. The third kappa shape index (κ3) is 2.65. The van der Waals surface area contributed by atoms with Crippen LogP contribution >= 0.6 is 0 Å². The fourth-order valence-corrected chi connectivity index (χ4v) is 3.16. The lowest BCUT2D eigenvalue weighted by atomic mass is 9.97. The van der Waals surface area contributed by atoms with Crippen LogP contribution in [0, 0.1) is 5.92 Å². The Morgan fingerprint density at radius 2 is 2.00 bits per heavy atom. The molecule has 3 nitrogen and oxygen atoms in total. The van der Waals surface area contributed by atoms with Gasteiger partial charge in [-0.25, -0.2) is 0 Å². The molecule has 1 unspecified atom stereocenters. The number of aliphatic hydroxyl groups excluding tert-OH is 1. The van der Waals surface area contributed by atoms with Crippen LogP contribution in [0.3, 0.4) is 0 Å². The van der Waals surface area contributed by atoms with Crippen LogP contribution in [0.1, 0.15) is 18.4 Å². The van der Waals surface area contributed by atoms with Crippen molar-refractivity contribution in [1.82, 2.24) is 4.90 Å². The summed E-state index contributed by atoms with van der Waals surface area (Å²) in [6, 6.07) is 11.9. The largest absolute Gasteiger partial charge is 0.508 e. The predicted octanol–water partition coefficient (Wildman–Crippen LogP) is 2.75. The van der Waals surface area contributed by atoms with Crippen LogP contribution in [0.4, 0.5) is 0 Å². The van der Waals surface area contributed by atoms with Gasteiger partial charge in [-0.05, 0) is 42.1 Å². The van der Waals surface area contributed by atoms with Gasteiger partial charge in [0.25, 0.3) is 0 Å². The average molecular weight is 271 g/mol. The average Bonchev–Trinajstić information content (AvgIpc) is 2.50. The fourth-order valence-electron chi connectivity index (χ4n) is 3.16. The van der Waals surface area contributed by atoms with Crippen molar-refractivity contribution < 1.29 is 10.2 Å². The molecule has 0 saturated carbocycles. The highest BCUT2D eigenvalue weighted by atomic mass is 16.3. The van der Waals surface area contributed by atoms with E-state index in [4.69, 9.17) is 0 Å². The summed E-state index contributed by atoms with van der Waals surface area (Å²) in [4.78, 5) is 2.34. The molecular formula is C17H21NO2. The zero-order valence-electron chi connectivity index (χ0n) is 11.6. The van der Waals surface area contributed by atoms with Crippen LogP contribution in [-0.2, 0) is 6.54 Å². The quantitative estimate of drug-likeness (QED) is 0.902. The van der Waals surface area contributed by atoms with E-state index in [9.17, 15) is 10.2 Å². The smallest absolute Gasteiger partial charge is 0.120 e. The number of hydrogen-bond acceptors (Lipinski definition) is 3. The maximum Gasteiger partial charge on any atom is 0.120 e. The number of aliphatic hydroxyl groups is 1. The van der Waals surface area contributed by atoms with Crippen molar-refractivity contribution in [3.05, 3.63) is 42.0 Å². The molecule has 3 heteroatoms. The SMILES string of the molecule is OCC1CCCN(Cc2c(O)ccc3ccccc23)C1. The standard InChI is InChI=1S/C17H21NO2/c19-12-13-4-3-9-18(10-13)11-16-15-6-2-1-5-14(15)7-8-17(16)20/h1-2,5-8,13,19-20H,3-4,9-12H2. The minimum atomic E-state index is 0.262. The number of benzene rings is 2. The topological polar surface area (TPSA) is 43.7 Å². The minimum absolute atomic E-state index is 0.262. The molecule has 1 heterocycles. The molecule has 2 aromatic rings. The maximum atomic E-state index is 10.2. The van der Waals surface area contributed by atoms with Gasteiger partial charge in [-0.2, -0.15) is 0 Å². The van der Waals surface area contributed by atoms with Crippen LogP contribution in [0.15, 0.2) is 36.4 Å². The third-order valence-corrected chi connectivity index (χ3v) is 4.26. The summed E-state index contributed by atoms with van der Waals surface area (Å²) in [5, 5.41) is 21.8. The summed E-state index contributed by atoms with van der Waals surface area (Å²) in [5.74, 6) is 0.746. The summed E-state index contributed by atoms with van der Waals surface area (Å²) in [5.41, 5.74) is 1.00. The van der Waals surface area contributed by atoms with E-state index in [1.165, 1.54) is 0 Å². The van der Waals surface area contributed by atoms with Crippen LogP contribution in [0.25, 0.3) is 10.8 Å². The van der Waals surface area contributed by atoms with E-state index in [1.807, 2.05) is 18.2 Å². The molecule has 20 heavy (non-hydrogen) atoms. The Kier molecular flexibility index (Phi) is 3.90. The van der Waals surface area contributed by atoms with Crippen molar-refractivity contribution >= 4 is 10.8 Å². The number of fused-ring (bicyclic) bond motifs is 1. The summed E-state index contributed by atoms with van der Waals surface area (Å²) in [6.45, 7) is 2.97. The van der Waals surface area contributed by atoms with E-state index >= 15 is 0 Å². The molecule has 0 bridgehead atoms. The summed E-state index contributed by atoms with van der Waals surface area (Å²) < 4.78 is 0. The highest BCUT2D eigenvalue weighted by Gasteiger charge is 2.20. The lowest BCUT2D eigenvalue weighted by molar-refractivity contribution is 0.115. The number of likely N-dealkylation sites (tertiary alicyclic amines) is 1. The molecule has 0 aliphatic carbocycles. The molecule has 1 atom stereocenters. The minimum Gasteiger partial charge on any atom is -0.508 e. The maximum absolute atomic E-state index is 10.2. The fraction of sp³-hybridized carbons (Fsp3) is 0.412. The summed E-state index contributed by atoms with van der Waals surface area (Å²) in [7, 11) is 0. The van der Waals surface area contributed by atoms with Crippen molar-refractivity contribution in [3.63, 3.8) is 0 Å². The molecule has 0 spiro atoms. The van der Waals surface area contributed by atoms with Crippen molar-refractivity contribution in [2.75, 3.05) is 19.7 Å². The van der Waals surface area contributed by atoms with Gasteiger partial charge in [0.15, 0.2) is 0 Å². The van der Waals surface area contributed by atoms with Crippen LogP contribution in [0.5, 0.6) is 5.75 Å². The molecule has 3 rings (SSSR count). The van der Waals surface area contributed by atoms with Crippen molar-refractivity contribution in [2.24, 2.45) is 5.92 Å². The molecule has 1 aliphatic rings. The first-order chi connectivity index (χ1) is 9.78. The Labute approximate surface area is 119 Å². The van der Waals surface area contributed by atoms with Crippen LogP contribution < -0.4 is 0 Å². The zero-order chi connectivity index (χ0) is 13.9. The van der Waals surface area contributed by atoms with Crippen molar-refractivity contribution in [3.8, 4) is 5.75 Å². The van der Waals surface area contributed by atoms with E-state index in [0.717, 1.165) is 48.8 Å². The first-order valence-electron chi connectivity index (χ1n) is 7.30. The Morgan fingerprint density at radius 1 is 1.15 bits per heavy atom. The number of phenolic OH excluding ortho intramolecular Hbond substituents is 1. The molecule has 2 N–H and O–H groups in total. The van der Waals surface area contributed by atoms with E-state index in [1.54, 1.807) is 6.07 Å². The normalized spacial score (nSPS) is 20.4.